The van der Waals surface area contributed by atoms with Gasteiger partial charge < -0.3 is 14.8 Å². The molecule has 3 rings (SSSR count). The molecule has 0 spiro atoms. The number of aromatic nitrogens is 1. The van der Waals surface area contributed by atoms with Gasteiger partial charge in [-0.15, -0.1) is 0 Å². The summed E-state index contributed by atoms with van der Waals surface area (Å²) in [4.78, 5) is 15.7. The fourth-order valence-corrected chi connectivity index (χ4v) is 2.53. The number of hydrogen-bond donors (Lipinski definition) is 1. The SMILES string of the molecule is O=C(N[C@@H]1CCOC[C@H]1Oc1cccc(F)c1)c1ncc(F)cc1F. The summed E-state index contributed by atoms with van der Waals surface area (Å²) in [5.41, 5.74) is -0.502. The molecule has 2 atom stereocenters. The highest BCUT2D eigenvalue weighted by molar-refractivity contribution is 5.92. The van der Waals surface area contributed by atoms with Crippen molar-refractivity contribution in [1.82, 2.24) is 10.3 Å². The van der Waals surface area contributed by atoms with Crippen molar-refractivity contribution in [2.75, 3.05) is 13.2 Å². The number of benzene rings is 1. The predicted octanol–water partition coefficient (Wildman–Crippen LogP) is 2.47. The number of rotatable bonds is 4. The third kappa shape index (κ3) is 4.27. The molecule has 5 nitrogen and oxygen atoms in total. The molecule has 132 valence electrons. The average Bonchev–Trinajstić information content (AvgIpc) is 2.56. The molecule has 0 saturated carbocycles. The smallest absolute Gasteiger partial charge is 0.273 e. The predicted molar refractivity (Wildman–Crippen MR) is 81.7 cm³/mol. The lowest BCUT2D eigenvalue weighted by Gasteiger charge is -2.32. The number of ether oxygens (including phenoxy) is 2. The van der Waals surface area contributed by atoms with Crippen molar-refractivity contribution in [1.29, 1.82) is 0 Å². The van der Waals surface area contributed by atoms with E-state index in [4.69, 9.17) is 9.47 Å². The van der Waals surface area contributed by atoms with E-state index in [0.29, 0.717) is 24.8 Å². The lowest BCUT2D eigenvalue weighted by atomic mass is 10.1. The van der Waals surface area contributed by atoms with Crippen LogP contribution in [-0.4, -0.2) is 36.3 Å². The van der Waals surface area contributed by atoms with Gasteiger partial charge in [-0.25, -0.2) is 18.2 Å². The minimum Gasteiger partial charge on any atom is -0.486 e. The van der Waals surface area contributed by atoms with Gasteiger partial charge in [-0.3, -0.25) is 4.79 Å². The van der Waals surface area contributed by atoms with E-state index in [1.165, 1.54) is 18.2 Å². The second kappa shape index (κ2) is 7.52. The summed E-state index contributed by atoms with van der Waals surface area (Å²) < 4.78 is 50.9. The number of carbonyl (C=O) groups excluding carboxylic acids is 1. The summed E-state index contributed by atoms with van der Waals surface area (Å²) in [6.07, 6.45) is 0.611. The molecule has 1 N–H and O–H groups in total. The lowest BCUT2D eigenvalue weighted by Crippen LogP contribution is -2.51. The van der Waals surface area contributed by atoms with Crippen LogP contribution in [0.4, 0.5) is 13.2 Å². The second-order valence-corrected chi connectivity index (χ2v) is 5.54. The van der Waals surface area contributed by atoms with Gasteiger partial charge >= 0.3 is 0 Å². The number of nitrogens with zero attached hydrogens (tertiary/aromatic N) is 1. The molecule has 0 radical (unpaired) electrons. The summed E-state index contributed by atoms with van der Waals surface area (Å²) in [6.45, 7) is 0.564. The van der Waals surface area contributed by atoms with Gasteiger partial charge in [0.25, 0.3) is 5.91 Å². The Morgan fingerprint density at radius 2 is 2.08 bits per heavy atom. The standard InChI is InChI=1S/C17H15F3N2O3/c18-10-2-1-3-12(6-10)25-15-9-24-5-4-14(15)22-17(23)16-13(20)7-11(19)8-21-16/h1-3,6-8,14-15H,4-5,9H2,(H,22,23)/t14-,15-/m1/s1. The van der Waals surface area contributed by atoms with Gasteiger partial charge in [-0.05, 0) is 18.6 Å². The molecular formula is C17H15F3N2O3. The van der Waals surface area contributed by atoms with Gasteiger partial charge in [0.1, 0.15) is 23.5 Å². The Bertz CT molecular complexity index is 773. The highest BCUT2D eigenvalue weighted by atomic mass is 19.1. The molecule has 1 aliphatic heterocycles. The first-order chi connectivity index (χ1) is 12.0. The minimum absolute atomic E-state index is 0.181. The van der Waals surface area contributed by atoms with Crippen LogP contribution in [0.1, 0.15) is 16.9 Å². The van der Waals surface area contributed by atoms with Crippen LogP contribution in [0.15, 0.2) is 36.5 Å². The molecular weight excluding hydrogens is 337 g/mol. The maximum Gasteiger partial charge on any atom is 0.273 e. The molecule has 8 heteroatoms. The quantitative estimate of drug-likeness (QED) is 0.918. The van der Waals surface area contributed by atoms with Gasteiger partial charge in [-0.1, -0.05) is 6.07 Å². The summed E-state index contributed by atoms with van der Waals surface area (Å²) >= 11 is 0. The molecule has 2 aromatic rings. The zero-order chi connectivity index (χ0) is 17.8. The number of amides is 1. The van der Waals surface area contributed by atoms with Crippen molar-refractivity contribution in [2.45, 2.75) is 18.6 Å². The monoisotopic (exact) mass is 352 g/mol. The summed E-state index contributed by atoms with van der Waals surface area (Å²) in [6, 6.07) is 5.68. The normalized spacial score (nSPS) is 20.1. The molecule has 0 unspecified atom stereocenters. The van der Waals surface area contributed by atoms with Crippen LogP contribution < -0.4 is 10.1 Å². The molecule has 0 aliphatic carbocycles. The van der Waals surface area contributed by atoms with Crippen LogP contribution in [0.5, 0.6) is 5.75 Å². The van der Waals surface area contributed by atoms with Crippen LogP contribution in [0.2, 0.25) is 0 Å². The van der Waals surface area contributed by atoms with Crippen molar-refractivity contribution < 1.29 is 27.4 Å². The Hall–Kier alpha value is -2.61. The first kappa shape index (κ1) is 17.2. The summed E-state index contributed by atoms with van der Waals surface area (Å²) in [7, 11) is 0. The van der Waals surface area contributed by atoms with Crippen molar-refractivity contribution >= 4 is 5.91 Å². The Labute approximate surface area is 141 Å². The third-order valence-corrected chi connectivity index (χ3v) is 3.73. The third-order valence-electron chi connectivity index (χ3n) is 3.73. The second-order valence-electron chi connectivity index (χ2n) is 5.54. The van der Waals surface area contributed by atoms with E-state index in [-0.39, 0.29) is 6.61 Å². The van der Waals surface area contributed by atoms with Crippen LogP contribution in [0.25, 0.3) is 0 Å². The lowest BCUT2D eigenvalue weighted by molar-refractivity contribution is -0.0137. The number of halogens is 3. The Balaban J connectivity index is 1.71. The molecule has 2 heterocycles. The van der Waals surface area contributed by atoms with Gasteiger partial charge in [-0.2, -0.15) is 0 Å². The van der Waals surface area contributed by atoms with Crippen molar-refractivity contribution in [3.05, 3.63) is 59.7 Å². The molecule has 1 aliphatic rings. The molecule has 1 aromatic carbocycles. The topological polar surface area (TPSA) is 60.5 Å². The number of carbonyl (C=O) groups is 1. The Morgan fingerprint density at radius 1 is 1.24 bits per heavy atom. The van der Waals surface area contributed by atoms with Crippen LogP contribution >= 0.6 is 0 Å². The van der Waals surface area contributed by atoms with E-state index in [9.17, 15) is 18.0 Å². The van der Waals surface area contributed by atoms with Crippen LogP contribution in [0.3, 0.4) is 0 Å². The van der Waals surface area contributed by atoms with Gasteiger partial charge in [0.2, 0.25) is 0 Å². The zero-order valence-electron chi connectivity index (χ0n) is 13.0. The van der Waals surface area contributed by atoms with E-state index in [0.717, 1.165) is 6.20 Å². The van der Waals surface area contributed by atoms with Crippen LogP contribution in [0, 0.1) is 17.5 Å². The number of hydrogen-bond acceptors (Lipinski definition) is 4. The first-order valence-electron chi connectivity index (χ1n) is 7.65. The van der Waals surface area contributed by atoms with Gasteiger partial charge in [0.05, 0.1) is 18.8 Å². The molecule has 1 fully saturated rings. The van der Waals surface area contributed by atoms with Gasteiger partial charge in [0, 0.05) is 18.7 Å². The van der Waals surface area contributed by atoms with Crippen molar-refractivity contribution in [3.63, 3.8) is 0 Å². The van der Waals surface area contributed by atoms with Crippen LogP contribution in [-0.2, 0) is 4.74 Å². The van der Waals surface area contributed by atoms with E-state index in [2.05, 4.69) is 10.3 Å². The Kier molecular flexibility index (Phi) is 5.18. The fraction of sp³-hybridized carbons (Fsp3) is 0.294. The van der Waals surface area contributed by atoms with Crippen molar-refractivity contribution in [3.8, 4) is 5.75 Å². The molecule has 25 heavy (non-hydrogen) atoms. The molecule has 1 amide bonds. The van der Waals surface area contributed by atoms with Gasteiger partial charge in [0.15, 0.2) is 11.5 Å². The number of pyridine rings is 1. The molecule has 1 saturated heterocycles. The maximum absolute atomic E-state index is 13.7. The summed E-state index contributed by atoms with van der Waals surface area (Å²) in [5.74, 6) is -2.86. The van der Waals surface area contributed by atoms with E-state index in [1.54, 1.807) is 6.07 Å². The first-order valence-corrected chi connectivity index (χ1v) is 7.65. The largest absolute Gasteiger partial charge is 0.486 e. The van der Waals surface area contributed by atoms with E-state index >= 15 is 0 Å². The highest BCUT2D eigenvalue weighted by Gasteiger charge is 2.30. The number of nitrogens with one attached hydrogen (secondary N) is 1. The van der Waals surface area contributed by atoms with E-state index < -0.39 is 41.2 Å². The minimum atomic E-state index is -1.05. The zero-order valence-corrected chi connectivity index (χ0v) is 13.0. The molecule has 0 bridgehead atoms. The fourth-order valence-electron chi connectivity index (χ4n) is 2.53. The summed E-state index contributed by atoms with van der Waals surface area (Å²) in [5, 5.41) is 2.62. The Morgan fingerprint density at radius 3 is 2.84 bits per heavy atom. The maximum atomic E-state index is 13.7. The van der Waals surface area contributed by atoms with Crippen molar-refractivity contribution in [2.24, 2.45) is 0 Å². The average molecular weight is 352 g/mol. The highest BCUT2D eigenvalue weighted by Crippen LogP contribution is 2.19. The molecule has 1 aromatic heterocycles. The van der Waals surface area contributed by atoms with E-state index in [1.807, 2.05) is 0 Å².